The lowest BCUT2D eigenvalue weighted by Crippen LogP contribution is -2.14. The Bertz CT molecular complexity index is 311. The van der Waals surface area contributed by atoms with E-state index in [0.29, 0.717) is 6.61 Å². The van der Waals surface area contributed by atoms with Crippen molar-refractivity contribution in [2.45, 2.75) is 38.8 Å². The zero-order valence-corrected chi connectivity index (χ0v) is 11.0. The number of rotatable bonds is 7. The van der Waals surface area contributed by atoms with Crippen molar-refractivity contribution in [1.82, 2.24) is 0 Å². The van der Waals surface area contributed by atoms with Crippen molar-refractivity contribution in [1.29, 1.82) is 0 Å². The Morgan fingerprint density at radius 2 is 1.82 bits per heavy atom. The molecule has 0 aliphatic rings. The number of hydrogen-bond acceptors (Lipinski definition) is 3. The summed E-state index contributed by atoms with van der Waals surface area (Å²) in [6.45, 7) is 4.73. The van der Waals surface area contributed by atoms with E-state index in [4.69, 9.17) is 15.2 Å². The number of benzene rings is 1. The summed E-state index contributed by atoms with van der Waals surface area (Å²) < 4.78 is 10.6. The number of nitrogens with two attached hydrogens (primary N) is 1. The minimum Gasteiger partial charge on any atom is -0.494 e. The van der Waals surface area contributed by atoms with Crippen LogP contribution in [0.25, 0.3) is 0 Å². The van der Waals surface area contributed by atoms with E-state index in [9.17, 15) is 0 Å². The minimum absolute atomic E-state index is 0.0725. The van der Waals surface area contributed by atoms with E-state index in [1.54, 1.807) is 7.11 Å². The zero-order valence-electron chi connectivity index (χ0n) is 11.0. The van der Waals surface area contributed by atoms with Crippen LogP contribution < -0.4 is 10.5 Å². The number of hydrogen-bond donors (Lipinski definition) is 1. The number of ether oxygens (including phenoxy) is 2. The van der Waals surface area contributed by atoms with Gasteiger partial charge in [0.1, 0.15) is 5.75 Å². The summed E-state index contributed by atoms with van der Waals surface area (Å²) >= 11 is 0. The third-order valence-corrected chi connectivity index (χ3v) is 2.91. The predicted molar refractivity (Wildman–Crippen MR) is 70.2 cm³/mol. The van der Waals surface area contributed by atoms with Gasteiger partial charge in [-0.2, -0.15) is 0 Å². The van der Waals surface area contributed by atoms with Crippen LogP contribution in [-0.4, -0.2) is 19.8 Å². The van der Waals surface area contributed by atoms with Gasteiger partial charge in [-0.25, -0.2) is 0 Å². The van der Waals surface area contributed by atoms with Crippen LogP contribution in [0.1, 0.15) is 38.3 Å². The molecular formula is C14H23NO2. The first-order chi connectivity index (χ1) is 8.17. The van der Waals surface area contributed by atoms with Crippen LogP contribution in [-0.2, 0) is 4.74 Å². The van der Waals surface area contributed by atoms with Crippen molar-refractivity contribution >= 4 is 0 Å². The lowest BCUT2D eigenvalue weighted by Gasteiger charge is -2.15. The molecule has 1 aromatic carbocycles. The van der Waals surface area contributed by atoms with E-state index in [2.05, 4.69) is 6.92 Å². The predicted octanol–water partition coefficient (Wildman–Crippen LogP) is 2.90. The molecule has 3 nitrogen and oxygen atoms in total. The second-order valence-corrected chi connectivity index (χ2v) is 4.23. The SMILES string of the molecule is CCOc1ccc(C(N)CCC(C)OC)cc1. The molecule has 17 heavy (non-hydrogen) atoms. The van der Waals surface area contributed by atoms with Gasteiger partial charge in [0.15, 0.2) is 0 Å². The second-order valence-electron chi connectivity index (χ2n) is 4.23. The quantitative estimate of drug-likeness (QED) is 0.793. The van der Waals surface area contributed by atoms with Crippen LogP contribution in [0.5, 0.6) is 5.75 Å². The van der Waals surface area contributed by atoms with Gasteiger partial charge >= 0.3 is 0 Å². The van der Waals surface area contributed by atoms with E-state index in [1.165, 1.54) is 0 Å². The summed E-state index contributed by atoms with van der Waals surface area (Å²) in [5, 5.41) is 0. The Balaban J connectivity index is 2.48. The Hall–Kier alpha value is -1.06. The molecule has 0 fully saturated rings. The molecule has 96 valence electrons. The lowest BCUT2D eigenvalue weighted by molar-refractivity contribution is 0.107. The average molecular weight is 237 g/mol. The van der Waals surface area contributed by atoms with Gasteiger partial charge in [0.05, 0.1) is 12.7 Å². The summed E-state index contributed by atoms with van der Waals surface area (Å²) in [6, 6.07) is 8.08. The highest BCUT2D eigenvalue weighted by atomic mass is 16.5. The van der Waals surface area contributed by atoms with Crippen LogP contribution in [0.4, 0.5) is 0 Å². The Morgan fingerprint density at radius 3 is 2.35 bits per heavy atom. The largest absolute Gasteiger partial charge is 0.494 e. The summed E-state index contributed by atoms with van der Waals surface area (Å²) in [6.07, 6.45) is 2.18. The molecule has 0 spiro atoms. The van der Waals surface area contributed by atoms with Crippen molar-refractivity contribution < 1.29 is 9.47 Å². The zero-order chi connectivity index (χ0) is 12.7. The van der Waals surface area contributed by atoms with E-state index in [-0.39, 0.29) is 12.1 Å². The van der Waals surface area contributed by atoms with Crippen molar-refractivity contribution in [3.63, 3.8) is 0 Å². The first-order valence-corrected chi connectivity index (χ1v) is 6.18. The van der Waals surface area contributed by atoms with Gasteiger partial charge in [-0.1, -0.05) is 12.1 Å². The highest BCUT2D eigenvalue weighted by Crippen LogP contribution is 2.20. The van der Waals surface area contributed by atoms with Gasteiger partial charge in [0.25, 0.3) is 0 Å². The minimum atomic E-state index is 0.0725. The van der Waals surface area contributed by atoms with Crippen LogP contribution in [0, 0.1) is 0 Å². The summed E-state index contributed by atoms with van der Waals surface area (Å²) in [5.74, 6) is 0.897. The standard InChI is InChI=1S/C14H23NO2/c1-4-17-13-8-6-12(7-9-13)14(15)10-5-11(2)16-3/h6-9,11,14H,4-5,10,15H2,1-3H3. The van der Waals surface area contributed by atoms with Gasteiger partial charge in [-0.3, -0.25) is 0 Å². The molecule has 0 bridgehead atoms. The van der Waals surface area contributed by atoms with Crippen LogP contribution in [0.3, 0.4) is 0 Å². The summed E-state index contributed by atoms with van der Waals surface area (Å²) in [4.78, 5) is 0. The monoisotopic (exact) mass is 237 g/mol. The third-order valence-electron chi connectivity index (χ3n) is 2.91. The summed E-state index contributed by atoms with van der Waals surface area (Å²) in [5.41, 5.74) is 7.28. The molecule has 1 aromatic rings. The summed E-state index contributed by atoms with van der Waals surface area (Å²) in [7, 11) is 1.73. The van der Waals surface area contributed by atoms with Gasteiger partial charge in [0.2, 0.25) is 0 Å². The molecule has 0 saturated carbocycles. The van der Waals surface area contributed by atoms with Crippen molar-refractivity contribution in [3.8, 4) is 5.75 Å². The van der Waals surface area contributed by atoms with Gasteiger partial charge in [-0.05, 0) is 44.4 Å². The molecule has 0 aromatic heterocycles. The van der Waals surface area contributed by atoms with Crippen molar-refractivity contribution in [3.05, 3.63) is 29.8 Å². The fourth-order valence-corrected chi connectivity index (χ4v) is 1.68. The Morgan fingerprint density at radius 1 is 1.18 bits per heavy atom. The molecular weight excluding hydrogens is 214 g/mol. The van der Waals surface area contributed by atoms with E-state index < -0.39 is 0 Å². The highest BCUT2D eigenvalue weighted by Gasteiger charge is 2.08. The first-order valence-electron chi connectivity index (χ1n) is 6.18. The molecule has 0 saturated heterocycles. The van der Waals surface area contributed by atoms with Crippen LogP contribution in [0.2, 0.25) is 0 Å². The number of methoxy groups -OCH3 is 1. The molecule has 1 rings (SSSR count). The van der Waals surface area contributed by atoms with Crippen LogP contribution in [0.15, 0.2) is 24.3 Å². The Kier molecular flexibility index (Phi) is 6.01. The smallest absolute Gasteiger partial charge is 0.119 e. The molecule has 0 radical (unpaired) electrons. The van der Waals surface area contributed by atoms with Crippen molar-refractivity contribution in [2.24, 2.45) is 5.73 Å². The average Bonchev–Trinajstić information content (AvgIpc) is 2.36. The molecule has 2 unspecified atom stereocenters. The van der Waals surface area contributed by atoms with Crippen LogP contribution >= 0.6 is 0 Å². The highest BCUT2D eigenvalue weighted by molar-refractivity contribution is 5.28. The fourth-order valence-electron chi connectivity index (χ4n) is 1.68. The maximum atomic E-state index is 6.13. The van der Waals surface area contributed by atoms with Gasteiger partial charge < -0.3 is 15.2 Å². The lowest BCUT2D eigenvalue weighted by atomic mass is 10.0. The van der Waals surface area contributed by atoms with Crippen molar-refractivity contribution in [2.75, 3.05) is 13.7 Å². The van der Waals surface area contributed by atoms with E-state index in [0.717, 1.165) is 24.2 Å². The fraction of sp³-hybridized carbons (Fsp3) is 0.571. The topological polar surface area (TPSA) is 44.5 Å². The molecule has 0 heterocycles. The maximum Gasteiger partial charge on any atom is 0.119 e. The molecule has 2 N–H and O–H groups in total. The molecule has 0 aliphatic heterocycles. The maximum absolute atomic E-state index is 6.13. The first kappa shape index (κ1) is 14.0. The Labute approximate surface area is 104 Å². The van der Waals surface area contributed by atoms with Gasteiger partial charge in [-0.15, -0.1) is 0 Å². The molecule has 2 atom stereocenters. The van der Waals surface area contributed by atoms with E-state index in [1.807, 2.05) is 31.2 Å². The molecule has 0 aliphatic carbocycles. The third kappa shape index (κ3) is 4.75. The van der Waals surface area contributed by atoms with Gasteiger partial charge in [0, 0.05) is 13.2 Å². The normalized spacial score (nSPS) is 14.4. The van der Waals surface area contributed by atoms with E-state index >= 15 is 0 Å². The molecule has 3 heteroatoms. The second kappa shape index (κ2) is 7.30. The molecule has 0 amide bonds.